The summed E-state index contributed by atoms with van der Waals surface area (Å²) in [6.45, 7) is 2.80. The molecule has 0 atom stereocenters. The van der Waals surface area contributed by atoms with E-state index in [1.165, 1.54) is 6.07 Å². The summed E-state index contributed by atoms with van der Waals surface area (Å²) in [7, 11) is 0. The molecular weight excluding hydrogens is 465 g/mol. The number of anilines is 2. The third-order valence-electron chi connectivity index (χ3n) is 6.17. The molecule has 8 heteroatoms. The first-order valence-corrected chi connectivity index (χ1v) is 12.0. The number of rotatable bonds is 6. The molecule has 0 radical (unpaired) electrons. The largest absolute Gasteiger partial charge is 0.369 e. The van der Waals surface area contributed by atoms with Crippen molar-refractivity contribution in [2.75, 3.05) is 42.9 Å². The molecule has 5 rings (SSSR count). The summed E-state index contributed by atoms with van der Waals surface area (Å²) in [5.41, 5.74) is 2.15. The smallest absolute Gasteiger partial charge is 0.224 e. The standard InChI is InChI=1S/C27H25ClFN5O/c28-21-9-3-1-7-19(21)27-31-23-11-5-2-8-20(23)26(32-27)30-14-13-25(35)34-17-15-33(16-18-34)24-12-6-4-10-22(24)29/h1-12H,13-18H2,(H,30,31,32). The maximum atomic E-state index is 14.1. The van der Waals surface area contributed by atoms with Crippen molar-refractivity contribution in [2.45, 2.75) is 6.42 Å². The van der Waals surface area contributed by atoms with Crippen molar-refractivity contribution >= 4 is 39.9 Å². The molecule has 0 bridgehead atoms. The maximum Gasteiger partial charge on any atom is 0.224 e. The van der Waals surface area contributed by atoms with E-state index in [1.807, 2.05) is 64.4 Å². The molecule has 4 aromatic rings. The van der Waals surface area contributed by atoms with Gasteiger partial charge in [0.1, 0.15) is 11.6 Å². The summed E-state index contributed by atoms with van der Waals surface area (Å²) in [6, 6.07) is 22.0. The van der Waals surface area contributed by atoms with Gasteiger partial charge in [0.05, 0.1) is 16.2 Å². The molecular formula is C27H25ClFN5O. The van der Waals surface area contributed by atoms with E-state index in [1.54, 1.807) is 12.1 Å². The van der Waals surface area contributed by atoms with E-state index in [9.17, 15) is 9.18 Å². The van der Waals surface area contributed by atoms with Gasteiger partial charge in [0.15, 0.2) is 5.82 Å². The zero-order valence-corrected chi connectivity index (χ0v) is 19.9. The van der Waals surface area contributed by atoms with Crippen LogP contribution in [0.1, 0.15) is 6.42 Å². The Morgan fingerprint density at radius 2 is 1.63 bits per heavy atom. The van der Waals surface area contributed by atoms with Gasteiger partial charge in [0.25, 0.3) is 0 Å². The van der Waals surface area contributed by atoms with Gasteiger partial charge in [-0.2, -0.15) is 0 Å². The molecule has 3 aromatic carbocycles. The van der Waals surface area contributed by atoms with Gasteiger partial charge in [-0.15, -0.1) is 0 Å². The van der Waals surface area contributed by atoms with Crippen molar-refractivity contribution in [2.24, 2.45) is 0 Å². The van der Waals surface area contributed by atoms with Gasteiger partial charge in [-0.1, -0.05) is 48.0 Å². The van der Waals surface area contributed by atoms with Crippen molar-refractivity contribution in [1.29, 1.82) is 0 Å². The molecule has 1 saturated heterocycles. The Bertz CT molecular complexity index is 1360. The van der Waals surface area contributed by atoms with Crippen LogP contribution in [0.4, 0.5) is 15.9 Å². The summed E-state index contributed by atoms with van der Waals surface area (Å²) in [6.07, 6.45) is 0.333. The predicted molar refractivity (Wildman–Crippen MR) is 138 cm³/mol. The molecule has 1 amide bonds. The summed E-state index contributed by atoms with van der Waals surface area (Å²) in [5.74, 6) is 1.04. The summed E-state index contributed by atoms with van der Waals surface area (Å²) in [5, 5.41) is 4.79. The molecule has 0 unspecified atom stereocenters. The number of hydrogen-bond donors (Lipinski definition) is 1. The third kappa shape index (κ3) is 5.05. The molecule has 0 aliphatic carbocycles. The number of benzene rings is 3. The number of fused-ring (bicyclic) bond motifs is 1. The normalized spacial score (nSPS) is 13.8. The Balaban J connectivity index is 1.24. The maximum absolute atomic E-state index is 14.1. The second kappa shape index (κ2) is 10.3. The lowest BCUT2D eigenvalue weighted by atomic mass is 10.1. The summed E-state index contributed by atoms with van der Waals surface area (Å²) in [4.78, 5) is 26.1. The van der Waals surface area contributed by atoms with Gasteiger partial charge in [0, 0.05) is 50.1 Å². The van der Waals surface area contributed by atoms with Crippen LogP contribution in [0.5, 0.6) is 0 Å². The van der Waals surface area contributed by atoms with Crippen molar-refractivity contribution in [3.05, 3.63) is 83.6 Å². The quantitative estimate of drug-likeness (QED) is 0.401. The number of halogens is 2. The number of para-hydroxylation sites is 2. The Morgan fingerprint density at radius 1 is 0.914 bits per heavy atom. The van der Waals surface area contributed by atoms with Gasteiger partial charge >= 0.3 is 0 Å². The van der Waals surface area contributed by atoms with E-state index < -0.39 is 0 Å². The molecule has 1 aromatic heterocycles. The lowest BCUT2D eigenvalue weighted by Gasteiger charge is -2.36. The van der Waals surface area contributed by atoms with Gasteiger partial charge in [0.2, 0.25) is 5.91 Å². The van der Waals surface area contributed by atoms with Gasteiger partial charge in [-0.25, -0.2) is 14.4 Å². The molecule has 0 saturated carbocycles. The number of piperazine rings is 1. The highest BCUT2D eigenvalue weighted by atomic mass is 35.5. The van der Waals surface area contributed by atoms with Gasteiger partial charge in [-0.3, -0.25) is 4.79 Å². The fourth-order valence-electron chi connectivity index (χ4n) is 4.33. The van der Waals surface area contributed by atoms with Crippen LogP contribution in [0.15, 0.2) is 72.8 Å². The Hall–Kier alpha value is -3.71. The van der Waals surface area contributed by atoms with Gasteiger partial charge < -0.3 is 15.1 Å². The number of amides is 1. The lowest BCUT2D eigenvalue weighted by molar-refractivity contribution is -0.131. The van der Waals surface area contributed by atoms with Crippen molar-refractivity contribution in [3.8, 4) is 11.4 Å². The van der Waals surface area contributed by atoms with Crippen LogP contribution in [0.25, 0.3) is 22.3 Å². The summed E-state index contributed by atoms with van der Waals surface area (Å²) < 4.78 is 14.1. The number of aromatic nitrogens is 2. The fraction of sp³-hybridized carbons (Fsp3) is 0.222. The molecule has 35 heavy (non-hydrogen) atoms. The Labute approximate surface area is 208 Å². The second-order valence-corrected chi connectivity index (χ2v) is 8.80. The van der Waals surface area contributed by atoms with Crippen LogP contribution in [-0.4, -0.2) is 53.5 Å². The minimum absolute atomic E-state index is 0.0652. The van der Waals surface area contributed by atoms with E-state index in [0.717, 1.165) is 16.5 Å². The molecule has 1 fully saturated rings. The molecule has 0 spiro atoms. The number of carbonyl (C=O) groups excluding carboxylic acids is 1. The fourth-order valence-corrected chi connectivity index (χ4v) is 4.55. The Kier molecular flexibility index (Phi) is 6.77. The molecule has 1 aliphatic rings. The molecule has 1 aliphatic heterocycles. The third-order valence-corrected chi connectivity index (χ3v) is 6.50. The van der Waals surface area contributed by atoms with E-state index in [-0.39, 0.29) is 11.7 Å². The first-order chi connectivity index (χ1) is 17.1. The molecule has 1 N–H and O–H groups in total. The number of carbonyl (C=O) groups is 1. The van der Waals surface area contributed by atoms with E-state index in [0.29, 0.717) is 61.5 Å². The topological polar surface area (TPSA) is 61.4 Å². The van der Waals surface area contributed by atoms with Crippen LogP contribution in [-0.2, 0) is 4.79 Å². The second-order valence-electron chi connectivity index (χ2n) is 8.39. The van der Waals surface area contributed by atoms with E-state index in [4.69, 9.17) is 16.6 Å². The minimum Gasteiger partial charge on any atom is -0.369 e. The van der Waals surface area contributed by atoms with E-state index in [2.05, 4.69) is 10.3 Å². The molecule has 178 valence electrons. The SMILES string of the molecule is O=C(CCNc1nc(-c2ccccc2Cl)nc2ccccc12)N1CCN(c2ccccc2F)CC1. The van der Waals surface area contributed by atoms with Crippen LogP contribution in [0.3, 0.4) is 0 Å². The Morgan fingerprint density at radius 3 is 2.43 bits per heavy atom. The first-order valence-electron chi connectivity index (χ1n) is 11.6. The van der Waals surface area contributed by atoms with Gasteiger partial charge in [-0.05, 0) is 36.4 Å². The van der Waals surface area contributed by atoms with Crippen molar-refractivity contribution in [1.82, 2.24) is 14.9 Å². The monoisotopic (exact) mass is 489 g/mol. The molecule has 2 heterocycles. The first kappa shape index (κ1) is 23.1. The van der Waals surface area contributed by atoms with Crippen LogP contribution in [0, 0.1) is 5.82 Å². The average Bonchev–Trinajstić information content (AvgIpc) is 2.89. The summed E-state index contributed by atoms with van der Waals surface area (Å²) >= 11 is 6.38. The van der Waals surface area contributed by atoms with E-state index >= 15 is 0 Å². The lowest BCUT2D eigenvalue weighted by Crippen LogP contribution is -2.49. The molecule has 6 nitrogen and oxygen atoms in total. The highest BCUT2D eigenvalue weighted by Crippen LogP contribution is 2.29. The highest BCUT2D eigenvalue weighted by Gasteiger charge is 2.22. The predicted octanol–water partition coefficient (Wildman–Crippen LogP) is 5.24. The zero-order valence-electron chi connectivity index (χ0n) is 19.1. The van der Waals surface area contributed by atoms with Crippen LogP contribution >= 0.6 is 11.6 Å². The highest BCUT2D eigenvalue weighted by molar-refractivity contribution is 6.33. The minimum atomic E-state index is -0.232. The number of nitrogens with one attached hydrogen (secondary N) is 1. The van der Waals surface area contributed by atoms with Crippen molar-refractivity contribution < 1.29 is 9.18 Å². The van der Waals surface area contributed by atoms with Crippen LogP contribution < -0.4 is 10.2 Å². The van der Waals surface area contributed by atoms with Crippen LogP contribution in [0.2, 0.25) is 5.02 Å². The zero-order chi connectivity index (χ0) is 24.2. The number of hydrogen-bond acceptors (Lipinski definition) is 5. The van der Waals surface area contributed by atoms with Crippen molar-refractivity contribution in [3.63, 3.8) is 0 Å². The number of nitrogens with zero attached hydrogens (tertiary/aromatic N) is 4. The average molecular weight is 490 g/mol.